The molecule has 0 amide bonds. The highest BCUT2D eigenvalue weighted by Crippen LogP contribution is 2.29. The molecule has 1 aromatic carbocycles. The van der Waals surface area contributed by atoms with Crippen molar-refractivity contribution in [1.82, 2.24) is 0 Å². The number of nitrogens with zero attached hydrogens (tertiary/aromatic N) is 2. The molecule has 0 heterocycles. The van der Waals surface area contributed by atoms with Gasteiger partial charge in [-0.1, -0.05) is 11.8 Å². The van der Waals surface area contributed by atoms with Crippen molar-refractivity contribution in [2.24, 2.45) is 0 Å². The van der Waals surface area contributed by atoms with Crippen molar-refractivity contribution >= 4 is 22.6 Å². The molecule has 20 heavy (non-hydrogen) atoms. The van der Waals surface area contributed by atoms with E-state index in [0.717, 1.165) is 17.8 Å². The Kier molecular flexibility index (Phi) is 5.64. The van der Waals surface area contributed by atoms with Gasteiger partial charge in [0, 0.05) is 18.7 Å². The van der Waals surface area contributed by atoms with Crippen molar-refractivity contribution in [3.05, 3.63) is 39.4 Å². The summed E-state index contributed by atoms with van der Waals surface area (Å²) in [6.45, 7) is 1.31. The van der Waals surface area contributed by atoms with Crippen LogP contribution in [0.2, 0.25) is 0 Å². The van der Waals surface area contributed by atoms with Crippen LogP contribution in [0.15, 0.2) is 18.2 Å². The zero-order chi connectivity index (χ0) is 15.3. The van der Waals surface area contributed by atoms with Crippen LogP contribution in [-0.2, 0) is 4.79 Å². The van der Waals surface area contributed by atoms with Gasteiger partial charge in [-0.05, 0) is 12.1 Å². The molecular formula is C12H12N2O5S. The van der Waals surface area contributed by atoms with E-state index >= 15 is 0 Å². The van der Waals surface area contributed by atoms with Gasteiger partial charge in [0.2, 0.25) is 0 Å². The van der Waals surface area contributed by atoms with Gasteiger partial charge >= 0.3 is 0 Å². The molecule has 0 aliphatic carbocycles. The minimum absolute atomic E-state index is 0.0757. The second-order valence-electron chi connectivity index (χ2n) is 3.96. The van der Waals surface area contributed by atoms with Gasteiger partial charge in [0.25, 0.3) is 5.69 Å². The van der Waals surface area contributed by atoms with Crippen LogP contribution in [0.25, 0.3) is 0 Å². The molecule has 0 fully saturated rings. The van der Waals surface area contributed by atoms with Crippen molar-refractivity contribution < 1.29 is 19.9 Å². The van der Waals surface area contributed by atoms with Gasteiger partial charge in [-0.2, -0.15) is 5.26 Å². The molecule has 106 valence electrons. The highest BCUT2D eigenvalue weighted by molar-refractivity contribution is 8.13. The fourth-order valence-corrected chi connectivity index (χ4v) is 2.11. The highest BCUT2D eigenvalue weighted by Gasteiger charge is 2.27. The lowest BCUT2D eigenvalue weighted by Crippen LogP contribution is -2.22. The Morgan fingerprint density at radius 2 is 2.20 bits per heavy atom. The molecule has 7 nitrogen and oxygen atoms in total. The zero-order valence-corrected chi connectivity index (χ0v) is 11.3. The second-order valence-corrected chi connectivity index (χ2v) is 5.15. The number of thioether (sulfide) groups is 1. The molecule has 0 aliphatic heterocycles. The maximum absolute atomic E-state index is 10.9. The summed E-state index contributed by atoms with van der Waals surface area (Å²) in [5, 5.41) is 39.1. The van der Waals surface area contributed by atoms with E-state index in [-0.39, 0.29) is 22.0 Å². The van der Waals surface area contributed by atoms with E-state index in [1.54, 1.807) is 6.07 Å². The molecule has 2 atom stereocenters. The van der Waals surface area contributed by atoms with E-state index in [4.69, 9.17) is 5.26 Å². The van der Waals surface area contributed by atoms with Gasteiger partial charge < -0.3 is 10.2 Å². The van der Waals surface area contributed by atoms with Crippen molar-refractivity contribution in [2.45, 2.75) is 19.1 Å². The molecule has 1 aromatic rings. The largest absolute Gasteiger partial charge is 0.389 e. The minimum Gasteiger partial charge on any atom is -0.389 e. The molecule has 0 bridgehead atoms. The predicted molar refractivity (Wildman–Crippen MR) is 71.9 cm³/mol. The number of carbonyl (C=O) groups excluding carboxylic acids is 1. The third-order valence-corrected chi connectivity index (χ3v) is 3.41. The lowest BCUT2D eigenvalue weighted by atomic mass is 10.0. The third-order valence-electron chi connectivity index (χ3n) is 2.50. The van der Waals surface area contributed by atoms with Gasteiger partial charge in [0.1, 0.15) is 6.10 Å². The van der Waals surface area contributed by atoms with Gasteiger partial charge in [-0.25, -0.2) is 0 Å². The summed E-state index contributed by atoms with van der Waals surface area (Å²) in [5.74, 6) is -0.0757. The van der Waals surface area contributed by atoms with Crippen LogP contribution in [0.3, 0.4) is 0 Å². The van der Waals surface area contributed by atoms with Gasteiger partial charge in [-0.15, -0.1) is 0 Å². The summed E-state index contributed by atoms with van der Waals surface area (Å²) in [6, 6.07) is 5.33. The topological polar surface area (TPSA) is 124 Å². The monoisotopic (exact) mass is 296 g/mol. The number of aliphatic hydroxyl groups is 2. The first-order chi connectivity index (χ1) is 9.36. The van der Waals surface area contributed by atoms with Crippen LogP contribution in [0.4, 0.5) is 5.69 Å². The quantitative estimate of drug-likeness (QED) is 0.616. The van der Waals surface area contributed by atoms with Crippen LogP contribution in [0.1, 0.15) is 24.2 Å². The summed E-state index contributed by atoms with van der Waals surface area (Å²) >= 11 is 0.813. The van der Waals surface area contributed by atoms with Crippen LogP contribution >= 0.6 is 11.8 Å². The van der Waals surface area contributed by atoms with Crippen molar-refractivity contribution in [1.29, 1.82) is 5.26 Å². The summed E-state index contributed by atoms with van der Waals surface area (Å²) in [5.41, 5.74) is -0.450. The number of nitriles is 1. The average Bonchev–Trinajstić information content (AvgIpc) is 2.43. The SMILES string of the molecule is CC(=O)SCC(O)C(O)c1ccc(C#N)cc1[N+](=O)[O-]. The molecule has 1 rings (SSSR count). The Bertz CT molecular complexity index is 569. The highest BCUT2D eigenvalue weighted by atomic mass is 32.2. The molecule has 0 saturated carbocycles. The summed E-state index contributed by atoms with van der Waals surface area (Å²) in [6.07, 6.45) is -2.83. The maximum Gasteiger partial charge on any atom is 0.276 e. The molecule has 0 radical (unpaired) electrons. The predicted octanol–water partition coefficient (Wildman–Crippen LogP) is 1.14. The number of hydrogen-bond acceptors (Lipinski definition) is 7. The van der Waals surface area contributed by atoms with Crippen molar-refractivity contribution in [3.8, 4) is 6.07 Å². The number of aliphatic hydroxyl groups excluding tert-OH is 2. The van der Waals surface area contributed by atoms with Crippen molar-refractivity contribution in [3.63, 3.8) is 0 Å². The van der Waals surface area contributed by atoms with E-state index in [0.29, 0.717) is 0 Å². The van der Waals surface area contributed by atoms with Crippen LogP contribution in [0.5, 0.6) is 0 Å². The lowest BCUT2D eigenvalue weighted by Gasteiger charge is -2.17. The number of benzene rings is 1. The molecule has 0 aromatic heterocycles. The number of rotatable bonds is 5. The molecule has 0 spiro atoms. The van der Waals surface area contributed by atoms with Crippen molar-refractivity contribution in [2.75, 3.05) is 5.75 Å². The van der Waals surface area contributed by atoms with Gasteiger partial charge in [-0.3, -0.25) is 14.9 Å². The summed E-state index contributed by atoms with van der Waals surface area (Å²) in [7, 11) is 0. The Labute approximate surface area is 119 Å². The molecular weight excluding hydrogens is 284 g/mol. The van der Waals surface area contributed by atoms with E-state index in [1.165, 1.54) is 19.1 Å². The van der Waals surface area contributed by atoms with E-state index in [9.17, 15) is 25.1 Å². The van der Waals surface area contributed by atoms with Gasteiger partial charge in [0.15, 0.2) is 5.12 Å². The van der Waals surface area contributed by atoms with E-state index in [2.05, 4.69) is 0 Å². The molecule has 8 heteroatoms. The van der Waals surface area contributed by atoms with Crippen LogP contribution < -0.4 is 0 Å². The Balaban J connectivity index is 3.03. The van der Waals surface area contributed by atoms with E-state index in [1.807, 2.05) is 0 Å². The van der Waals surface area contributed by atoms with E-state index < -0.39 is 22.8 Å². The molecule has 0 aliphatic rings. The standard InChI is InChI=1S/C12H12N2O5S/c1-7(15)20-6-11(16)12(17)9-3-2-8(5-13)4-10(9)14(18)19/h2-4,11-12,16-17H,6H2,1H3. The average molecular weight is 296 g/mol. The number of hydrogen-bond donors (Lipinski definition) is 2. The number of nitro benzene ring substituents is 1. The second kappa shape index (κ2) is 7.00. The first-order valence-corrected chi connectivity index (χ1v) is 6.53. The summed E-state index contributed by atoms with van der Waals surface area (Å²) in [4.78, 5) is 21.0. The Morgan fingerprint density at radius 1 is 1.55 bits per heavy atom. The third kappa shape index (κ3) is 4.03. The van der Waals surface area contributed by atoms with Crippen LogP contribution in [-0.4, -0.2) is 32.1 Å². The fraction of sp³-hybridized carbons (Fsp3) is 0.333. The Morgan fingerprint density at radius 3 is 2.70 bits per heavy atom. The maximum atomic E-state index is 10.9. The van der Waals surface area contributed by atoms with Gasteiger partial charge in [0.05, 0.1) is 28.2 Å². The number of nitro groups is 1. The summed E-state index contributed by atoms with van der Waals surface area (Å²) < 4.78 is 0. The smallest absolute Gasteiger partial charge is 0.276 e. The normalized spacial score (nSPS) is 13.3. The van der Waals surface area contributed by atoms with Crippen LogP contribution in [0, 0.1) is 21.4 Å². The Hall–Kier alpha value is -1.95. The lowest BCUT2D eigenvalue weighted by molar-refractivity contribution is -0.386. The molecule has 2 N–H and O–H groups in total. The molecule has 2 unspecified atom stereocenters. The fourth-order valence-electron chi connectivity index (χ4n) is 1.52. The molecule has 0 saturated heterocycles. The first kappa shape index (κ1) is 16.1. The number of carbonyl (C=O) groups is 1. The zero-order valence-electron chi connectivity index (χ0n) is 10.5. The minimum atomic E-state index is -1.50. The first-order valence-electron chi connectivity index (χ1n) is 5.54.